The number of nitrogens with zero attached hydrogens (tertiary/aromatic N) is 3. The molecule has 1 amide bonds. The second-order valence-corrected chi connectivity index (χ2v) is 11.5. The minimum atomic E-state index is -4.71. The van der Waals surface area contributed by atoms with Gasteiger partial charge in [-0.25, -0.2) is 17.8 Å². The Morgan fingerprint density at radius 2 is 1.78 bits per heavy atom. The lowest BCUT2D eigenvalue weighted by Gasteiger charge is -2.35. The summed E-state index contributed by atoms with van der Waals surface area (Å²) in [7, 11) is -2.00. The van der Waals surface area contributed by atoms with Gasteiger partial charge in [-0.3, -0.25) is 4.79 Å². The third-order valence-electron chi connectivity index (χ3n) is 6.57. The number of methoxy groups -OCH3 is 1. The van der Waals surface area contributed by atoms with E-state index in [0.29, 0.717) is 25.5 Å². The van der Waals surface area contributed by atoms with Crippen LogP contribution in [0, 0.1) is 11.2 Å². The number of amides is 1. The van der Waals surface area contributed by atoms with Crippen molar-refractivity contribution >= 4 is 21.6 Å². The lowest BCUT2D eigenvalue weighted by Crippen LogP contribution is -2.49. The van der Waals surface area contributed by atoms with Crippen molar-refractivity contribution in [3.8, 4) is 5.75 Å². The van der Waals surface area contributed by atoms with Crippen LogP contribution in [0.1, 0.15) is 28.8 Å². The second kappa shape index (κ2) is 10.1. The lowest BCUT2D eigenvalue weighted by atomic mass is 10.1. The van der Waals surface area contributed by atoms with Crippen LogP contribution in [0.15, 0.2) is 35.4 Å². The average Bonchev–Trinajstić information content (AvgIpc) is 3.61. The Kier molecular flexibility index (Phi) is 7.39. The molecular formula is C24H27F4N3O5S. The number of pyridine rings is 1. The van der Waals surface area contributed by atoms with E-state index in [1.165, 1.54) is 28.0 Å². The van der Waals surface area contributed by atoms with Crippen LogP contribution >= 0.6 is 0 Å². The normalized spacial score (nSPS) is 17.6. The summed E-state index contributed by atoms with van der Waals surface area (Å²) in [4.78, 5) is 20.0. The van der Waals surface area contributed by atoms with Gasteiger partial charge >= 0.3 is 6.18 Å². The Morgan fingerprint density at radius 3 is 2.32 bits per heavy atom. The summed E-state index contributed by atoms with van der Waals surface area (Å²) in [5, 5.41) is 0. The Balaban J connectivity index is 1.50. The molecular weight excluding hydrogens is 518 g/mol. The molecule has 0 atom stereocenters. The Hall–Kier alpha value is -2.93. The molecule has 8 nitrogen and oxygen atoms in total. The monoisotopic (exact) mass is 545 g/mol. The molecule has 13 heteroatoms. The molecule has 1 aliphatic carbocycles. The van der Waals surface area contributed by atoms with Crippen LogP contribution in [0.25, 0.3) is 0 Å². The van der Waals surface area contributed by atoms with Gasteiger partial charge in [0.2, 0.25) is 0 Å². The maximum atomic E-state index is 14.4. The van der Waals surface area contributed by atoms with Crippen molar-refractivity contribution in [3.63, 3.8) is 0 Å². The van der Waals surface area contributed by atoms with Crippen molar-refractivity contribution in [2.75, 3.05) is 57.7 Å². The highest BCUT2D eigenvalue weighted by molar-refractivity contribution is 7.90. The highest BCUT2D eigenvalue weighted by Crippen LogP contribution is 2.46. The first-order valence-electron chi connectivity index (χ1n) is 11.6. The van der Waals surface area contributed by atoms with Crippen LogP contribution in [0.4, 0.5) is 23.4 Å². The SMILES string of the molecule is COCC1(COc2ccc(S(C)(=O)=O)cc2C(=O)N2CCN(c3ncc(C(F)(F)F)cc3F)CC2)CC1. The largest absolute Gasteiger partial charge is 0.492 e. The zero-order valence-electron chi connectivity index (χ0n) is 20.3. The van der Waals surface area contributed by atoms with E-state index in [2.05, 4.69) is 4.98 Å². The number of benzene rings is 1. The molecule has 2 heterocycles. The molecule has 2 aromatic rings. The van der Waals surface area contributed by atoms with Crippen molar-refractivity contribution in [3.05, 3.63) is 47.4 Å². The Labute approximate surface area is 212 Å². The first kappa shape index (κ1) is 27.1. The third kappa shape index (κ3) is 6.15. The molecule has 2 fully saturated rings. The number of piperazine rings is 1. The predicted octanol–water partition coefficient (Wildman–Crippen LogP) is 3.41. The molecule has 1 aromatic heterocycles. The van der Waals surface area contributed by atoms with Crippen LogP contribution in [-0.4, -0.2) is 77.0 Å². The summed E-state index contributed by atoms with van der Waals surface area (Å²) in [5.74, 6) is -1.54. The van der Waals surface area contributed by atoms with Gasteiger partial charge in [-0.05, 0) is 37.1 Å². The standard InChI is InChI=1S/C24H27F4N3O5S/c1-35-14-23(5-6-23)15-36-20-4-3-17(37(2,33)34)12-18(20)22(32)31-9-7-30(8-10-31)21-19(25)11-16(13-29-21)24(26,27)28/h3-4,11-13H,5-10,14-15H2,1-2H3. The number of carbonyl (C=O) groups excluding carboxylic acids is 1. The van der Waals surface area contributed by atoms with E-state index < -0.39 is 33.3 Å². The molecule has 0 bridgehead atoms. The van der Waals surface area contributed by atoms with E-state index in [1.54, 1.807) is 7.11 Å². The number of sulfone groups is 1. The number of alkyl halides is 3. The lowest BCUT2D eigenvalue weighted by molar-refractivity contribution is -0.138. The Morgan fingerprint density at radius 1 is 1.11 bits per heavy atom. The van der Waals surface area contributed by atoms with Gasteiger partial charge in [0, 0.05) is 51.2 Å². The van der Waals surface area contributed by atoms with Gasteiger partial charge in [0.25, 0.3) is 5.91 Å². The van der Waals surface area contributed by atoms with Gasteiger partial charge in [-0.1, -0.05) is 0 Å². The van der Waals surface area contributed by atoms with Crippen molar-refractivity contribution in [2.24, 2.45) is 5.41 Å². The number of hydrogen-bond acceptors (Lipinski definition) is 7. The number of anilines is 1. The summed E-state index contributed by atoms with van der Waals surface area (Å²) in [6.45, 7) is 1.31. The Bertz CT molecular complexity index is 1270. The average molecular weight is 546 g/mol. The second-order valence-electron chi connectivity index (χ2n) is 9.46. The predicted molar refractivity (Wildman–Crippen MR) is 126 cm³/mol. The smallest absolute Gasteiger partial charge is 0.417 e. The summed E-state index contributed by atoms with van der Waals surface area (Å²) in [6.07, 6.45) is -1.25. The number of ether oxygens (including phenoxy) is 2. The van der Waals surface area contributed by atoms with Gasteiger partial charge < -0.3 is 19.3 Å². The molecule has 0 radical (unpaired) electrons. The molecule has 1 saturated heterocycles. The molecule has 0 N–H and O–H groups in total. The molecule has 1 aliphatic heterocycles. The van der Waals surface area contributed by atoms with E-state index in [0.717, 1.165) is 19.1 Å². The number of rotatable bonds is 8. The fourth-order valence-electron chi connectivity index (χ4n) is 4.19. The van der Waals surface area contributed by atoms with Crippen LogP contribution in [0.3, 0.4) is 0 Å². The minimum Gasteiger partial charge on any atom is -0.492 e. The maximum Gasteiger partial charge on any atom is 0.417 e. The topological polar surface area (TPSA) is 89.0 Å². The zero-order chi connectivity index (χ0) is 27.0. The molecule has 0 unspecified atom stereocenters. The van der Waals surface area contributed by atoms with E-state index >= 15 is 0 Å². The first-order chi connectivity index (χ1) is 17.3. The number of carbonyl (C=O) groups is 1. The fraction of sp³-hybridized carbons (Fsp3) is 0.500. The first-order valence-corrected chi connectivity index (χ1v) is 13.4. The molecule has 1 aromatic carbocycles. The molecule has 0 spiro atoms. The van der Waals surface area contributed by atoms with Gasteiger partial charge in [-0.15, -0.1) is 0 Å². The quantitative estimate of drug-likeness (QED) is 0.470. The number of aromatic nitrogens is 1. The van der Waals surface area contributed by atoms with Gasteiger partial charge in [0.05, 0.1) is 29.2 Å². The highest BCUT2D eigenvalue weighted by Gasteiger charge is 2.44. The van der Waals surface area contributed by atoms with Crippen LogP contribution in [0.5, 0.6) is 5.75 Å². The van der Waals surface area contributed by atoms with Crippen LogP contribution in [0.2, 0.25) is 0 Å². The summed E-state index contributed by atoms with van der Waals surface area (Å²) < 4.78 is 88.3. The summed E-state index contributed by atoms with van der Waals surface area (Å²) in [6, 6.07) is 4.53. The van der Waals surface area contributed by atoms with Crippen LogP contribution in [-0.2, 0) is 20.8 Å². The zero-order valence-corrected chi connectivity index (χ0v) is 21.2. The van der Waals surface area contributed by atoms with E-state index in [1.807, 2.05) is 0 Å². The maximum absolute atomic E-state index is 14.4. The van der Waals surface area contributed by atoms with Crippen molar-refractivity contribution < 1.29 is 40.2 Å². The molecule has 202 valence electrons. The summed E-state index contributed by atoms with van der Waals surface area (Å²) in [5.41, 5.74) is -1.22. The molecule has 2 aliphatic rings. The van der Waals surface area contributed by atoms with E-state index in [4.69, 9.17) is 9.47 Å². The van der Waals surface area contributed by atoms with Crippen LogP contribution < -0.4 is 9.64 Å². The van der Waals surface area contributed by atoms with E-state index in [9.17, 15) is 30.8 Å². The molecule has 1 saturated carbocycles. The fourth-order valence-corrected chi connectivity index (χ4v) is 4.83. The van der Waals surface area contributed by atoms with Crippen molar-refractivity contribution in [1.29, 1.82) is 0 Å². The van der Waals surface area contributed by atoms with E-state index in [-0.39, 0.29) is 53.6 Å². The summed E-state index contributed by atoms with van der Waals surface area (Å²) >= 11 is 0. The number of hydrogen-bond donors (Lipinski definition) is 0. The van der Waals surface area contributed by atoms with Gasteiger partial charge in [-0.2, -0.15) is 13.2 Å². The van der Waals surface area contributed by atoms with Gasteiger partial charge in [0.1, 0.15) is 5.75 Å². The number of halogens is 4. The molecule has 37 heavy (non-hydrogen) atoms. The van der Waals surface area contributed by atoms with Crippen molar-refractivity contribution in [1.82, 2.24) is 9.88 Å². The minimum absolute atomic E-state index is 0.0316. The highest BCUT2D eigenvalue weighted by atomic mass is 32.2. The molecule has 4 rings (SSSR count). The van der Waals surface area contributed by atoms with Crippen molar-refractivity contribution in [2.45, 2.75) is 23.9 Å². The van der Waals surface area contributed by atoms with Gasteiger partial charge in [0.15, 0.2) is 21.5 Å². The third-order valence-corrected chi connectivity index (χ3v) is 7.68.